The summed E-state index contributed by atoms with van der Waals surface area (Å²) >= 11 is 0. The fourth-order valence-corrected chi connectivity index (χ4v) is 2.62. The average molecular weight is 276 g/mol. The van der Waals surface area contributed by atoms with Crippen LogP contribution in [0.15, 0.2) is 12.1 Å². The third-order valence-corrected chi connectivity index (χ3v) is 3.69. The zero-order chi connectivity index (χ0) is 15.3. The van der Waals surface area contributed by atoms with Gasteiger partial charge in [-0.1, -0.05) is 31.5 Å². The van der Waals surface area contributed by atoms with Crippen LogP contribution < -0.4 is 11.1 Å². The van der Waals surface area contributed by atoms with Crippen LogP contribution in [-0.2, 0) is 0 Å². The topological polar surface area (TPSA) is 55.1 Å². The van der Waals surface area contributed by atoms with Crippen molar-refractivity contribution in [3.05, 3.63) is 34.4 Å². The third kappa shape index (κ3) is 4.64. The molecule has 0 aliphatic carbocycles. The number of carbonyl (C=O) groups is 1. The number of hydrogen-bond acceptors (Lipinski definition) is 2. The van der Waals surface area contributed by atoms with Gasteiger partial charge in [-0.3, -0.25) is 4.79 Å². The number of carbonyl (C=O) groups excluding carboxylic acids is 1. The lowest BCUT2D eigenvalue weighted by Gasteiger charge is -2.25. The van der Waals surface area contributed by atoms with Gasteiger partial charge in [-0.05, 0) is 56.7 Å². The summed E-state index contributed by atoms with van der Waals surface area (Å²) in [5, 5.41) is 3.07. The van der Waals surface area contributed by atoms with Gasteiger partial charge in [-0.2, -0.15) is 0 Å². The molecule has 3 nitrogen and oxygen atoms in total. The van der Waals surface area contributed by atoms with E-state index >= 15 is 0 Å². The van der Waals surface area contributed by atoms with E-state index in [1.807, 2.05) is 13.8 Å². The molecule has 0 atom stereocenters. The molecule has 0 radical (unpaired) electrons. The number of amides is 1. The van der Waals surface area contributed by atoms with Crippen LogP contribution in [0.3, 0.4) is 0 Å². The highest BCUT2D eigenvalue weighted by molar-refractivity contribution is 5.97. The van der Waals surface area contributed by atoms with Gasteiger partial charge in [-0.15, -0.1) is 0 Å². The van der Waals surface area contributed by atoms with Gasteiger partial charge in [0.15, 0.2) is 0 Å². The number of benzene rings is 1. The second kappa shape index (κ2) is 6.89. The van der Waals surface area contributed by atoms with Gasteiger partial charge >= 0.3 is 0 Å². The maximum absolute atomic E-state index is 12.4. The van der Waals surface area contributed by atoms with Crippen LogP contribution in [0.4, 0.5) is 0 Å². The number of nitrogens with one attached hydrogen (secondary N) is 1. The monoisotopic (exact) mass is 276 g/mol. The first-order chi connectivity index (χ1) is 9.26. The highest BCUT2D eigenvalue weighted by Gasteiger charge is 2.20. The molecule has 1 aromatic carbocycles. The van der Waals surface area contributed by atoms with E-state index in [9.17, 15) is 4.79 Å². The highest BCUT2D eigenvalue weighted by Crippen LogP contribution is 2.21. The molecule has 1 aromatic rings. The Labute approximate surface area is 122 Å². The van der Waals surface area contributed by atoms with Crippen molar-refractivity contribution in [2.75, 3.05) is 13.1 Å². The van der Waals surface area contributed by atoms with E-state index in [0.717, 1.165) is 29.5 Å². The molecule has 0 fully saturated rings. The summed E-state index contributed by atoms with van der Waals surface area (Å²) < 4.78 is 0. The zero-order valence-electron chi connectivity index (χ0n) is 13.5. The molecular formula is C17H28N2O. The molecule has 0 unspecified atom stereocenters. The Hall–Kier alpha value is -1.35. The predicted octanol–water partition coefficient (Wildman–Crippen LogP) is 3.11. The van der Waals surface area contributed by atoms with Gasteiger partial charge in [0.05, 0.1) is 0 Å². The minimum absolute atomic E-state index is 0.0285. The Kier molecular flexibility index (Phi) is 5.75. The second-order valence-corrected chi connectivity index (χ2v) is 6.51. The molecule has 112 valence electrons. The number of hydrogen-bond donors (Lipinski definition) is 2. The summed E-state index contributed by atoms with van der Waals surface area (Å²) in [4.78, 5) is 12.4. The average Bonchev–Trinajstić information content (AvgIpc) is 2.33. The Balaban J connectivity index is 2.73. The van der Waals surface area contributed by atoms with Crippen molar-refractivity contribution in [1.29, 1.82) is 0 Å². The van der Waals surface area contributed by atoms with Gasteiger partial charge in [0, 0.05) is 12.1 Å². The minimum Gasteiger partial charge on any atom is -0.351 e. The lowest BCUT2D eigenvalue weighted by atomic mass is 9.87. The first-order valence-corrected chi connectivity index (χ1v) is 7.33. The number of aryl methyl sites for hydroxylation is 3. The van der Waals surface area contributed by atoms with Crippen LogP contribution in [0.25, 0.3) is 0 Å². The molecule has 0 aliphatic heterocycles. The maximum atomic E-state index is 12.4. The summed E-state index contributed by atoms with van der Waals surface area (Å²) in [6.45, 7) is 11.8. The molecule has 3 heteroatoms. The van der Waals surface area contributed by atoms with Crippen molar-refractivity contribution in [2.45, 2.75) is 47.5 Å². The molecule has 1 rings (SSSR count). The lowest BCUT2D eigenvalue weighted by Crippen LogP contribution is -2.35. The highest BCUT2D eigenvalue weighted by atomic mass is 16.1. The number of nitrogens with two attached hydrogens (primary N) is 1. The van der Waals surface area contributed by atoms with Crippen molar-refractivity contribution >= 4 is 5.91 Å². The van der Waals surface area contributed by atoms with E-state index < -0.39 is 0 Å². The van der Waals surface area contributed by atoms with Crippen LogP contribution in [0.5, 0.6) is 0 Å². The van der Waals surface area contributed by atoms with Crippen molar-refractivity contribution in [3.63, 3.8) is 0 Å². The molecule has 1 amide bonds. The smallest absolute Gasteiger partial charge is 0.251 e. The normalized spacial score (nSPS) is 11.5. The Morgan fingerprint density at radius 2 is 1.75 bits per heavy atom. The van der Waals surface area contributed by atoms with Gasteiger partial charge in [0.1, 0.15) is 0 Å². The molecule has 0 saturated carbocycles. The molecule has 3 N–H and O–H groups in total. The molecule has 20 heavy (non-hydrogen) atoms. The third-order valence-electron chi connectivity index (χ3n) is 3.69. The second-order valence-electron chi connectivity index (χ2n) is 6.51. The van der Waals surface area contributed by atoms with Crippen molar-refractivity contribution in [1.82, 2.24) is 5.32 Å². The molecule has 0 bridgehead atoms. The van der Waals surface area contributed by atoms with Gasteiger partial charge in [0.2, 0.25) is 0 Å². The molecular weight excluding hydrogens is 248 g/mol. The summed E-state index contributed by atoms with van der Waals surface area (Å²) in [7, 11) is 0. The fraction of sp³-hybridized carbons (Fsp3) is 0.588. The van der Waals surface area contributed by atoms with E-state index in [-0.39, 0.29) is 11.3 Å². The molecule has 0 saturated heterocycles. The number of rotatable bonds is 6. The van der Waals surface area contributed by atoms with Crippen LogP contribution in [0.2, 0.25) is 0 Å². The predicted molar refractivity (Wildman–Crippen MR) is 85.1 cm³/mol. The van der Waals surface area contributed by atoms with Gasteiger partial charge < -0.3 is 11.1 Å². The van der Waals surface area contributed by atoms with Crippen molar-refractivity contribution in [3.8, 4) is 0 Å². The van der Waals surface area contributed by atoms with Crippen LogP contribution in [-0.4, -0.2) is 19.0 Å². The minimum atomic E-state index is 0.0285. The Bertz CT molecular complexity index is 455. The van der Waals surface area contributed by atoms with Crippen molar-refractivity contribution < 1.29 is 4.79 Å². The van der Waals surface area contributed by atoms with E-state index in [2.05, 4.69) is 38.2 Å². The molecule has 0 aromatic heterocycles. The Morgan fingerprint density at radius 1 is 1.20 bits per heavy atom. The fourth-order valence-electron chi connectivity index (χ4n) is 2.62. The van der Waals surface area contributed by atoms with Crippen LogP contribution in [0.1, 0.15) is 53.7 Å². The zero-order valence-corrected chi connectivity index (χ0v) is 13.5. The lowest BCUT2D eigenvalue weighted by molar-refractivity contribution is 0.0933. The van der Waals surface area contributed by atoms with Crippen molar-refractivity contribution in [2.24, 2.45) is 11.1 Å². The Morgan fingerprint density at radius 3 is 2.25 bits per heavy atom. The van der Waals surface area contributed by atoms with E-state index in [4.69, 9.17) is 5.73 Å². The maximum Gasteiger partial charge on any atom is 0.251 e. The van der Waals surface area contributed by atoms with Gasteiger partial charge in [0.25, 0.3) is 5.91 Å². The quantitative estimate of drug-likeness (QED) is 0.839. The first-order valence-electron chi connectivity index (χ1n) is 7.33. The first kappa shape index (κ1) is 16.7. The summed E-state index contributed by atoms with van der Waals surface area (Å²) in [5.74, 6) is 0.0285. The van der Waals surface area contributed by atoms with Crippen LogP contribution >= 0.6 is 0 Å². The molecule has 0 heterocycles. The van der Waals surface area contributed by atoms with Crippen LogP contribution in [0, 0.1) is 26.2 Å². The standard InChI is InChI=1S/C17H28N2O/c1-12-9-13(2)15(14(3)10-12)16(20)19-11-17(4,5)7-6-8-18/h9-10H,6-8,11,18H2,1-5H3,(H,19,20). The molecule has 0 aliphatic rings. The van der Waals surface area contributed by atoms with E-state index in [1.165, 1.54) is 5.56 Å². The van der Waals surface area contributed by atoms with E-state index in [0.29, 0.717) is 13.1 Å². The summed E-state index contributed by atoms with van der Waals surface area (Å²) in [6, 6.07) is 4.11. The molecule has 0 spiro atoms. The SMILES string of the molecule is Cc1cc(C)c(C(=O)NCC(C)(C)CCCN)c(C)c1. The summed E-state index contributed by atoms with van der Waals surface area (Å²) in [5.41, 5.74) is 9.72. The van der Waals surface area contributed by atoms with Gasteiger partial charge in [-0.25, -0.2) is 0 Å². The van der Waals surface area contributed by atoms with E-state index in [1.54, 1.807) is 0 Å². The largest absolute Gasteiger partial charge is 0.351 e. The summed E-state index contributed by atoms with van der Waals surface area (Å²) in [6.07, 6.45) is 2.01.